The van der Waals surface area contributed by atoms with Crippen LogP contribution in [0.5, 0.6) is 0 Å². The van der Waals surface area contributed by atoms with Gasteiger partial charge < -0.3 is 33.9 Å². The molecular formula is C42H66N2O7. The van der Waals surface area contributed by atoms with Gasteiger partial charge in [0.05, 0.1) is 50.8 Å². The minimum atomic E-state index is -0.481. The zero-order valence-electron chi connectivity index (χ0n) is 32.2. The summed E-state index contributed by atoms with van der Waals surface area (Å²) < 4.78 is 25.4. The lowest BCUT2D eigenvalue weighted by Crippen LogP contribution is -2.60. The van der Waals surface area contributed by atoms with E-state index in [2.05, 4.69) is 34.6 Å². The van der Waals surface area contributed by atoms with Crippen molar-refractivity contribution in [3.05, 3.63) is 0 Å². The van der Waals surface area contributed by atoms with Crippen LogP contribution in [0, 0.1) is 56.7 Å². The van der Waals surface area contributed by atoms with Gasteiger partial charge in [-0.1, -0.05) is 34.6 Å². The average Bonchev–Trinajstić information content (AvgIpc) is 4.04. The minimum absolute atomic E-state index is 0.0177. The smallest absolute Gasteiger partial charge is 0.223 e. The lowest BCUT2D eigenvalue weighted by molar-refractivity contribution is -0.248. The van der Waals surface area contributed by atoms with Crippen molar-refractivity contribution in [2.45, 2.75) is 149 Å². The molecule has 0 aromatic carbocycles. The summed E-state index contributed by atoms with van der Waals surface area (Å²) in [5.74, 6) is 2.98. The molecule has 3 saturated heterocycles. The van der Waals surface area contributed by atoms with E-state index in [4.69, 9.17) is 18.9 Å². The Morgan fingerprint density at radius 1 is 0.863 bits per heavy atom. The average molecular weight is 711 g/mol. The maximum atomic E-state index is 13.0. The van der Waals surface area contributed by atoms with E-state index in [1.807, 2.05) is 9.80 Å². The maximum absolute atomic E-state index is 13.0. The van der Waals surface area contributed by atoms with Gasteiger partial charge in [-0.15, -0.1) is 0 Å². The van der Waals surface area contributed by atoms with Gasteiger partial charge in [0.1, 0.15) is 0 Å². The minimum Gasteiger partial charge on any atom is -0.390 e. The Hall–Kier alpha value is -1.26. The summed E-state index contributed by atoms with van der Waals surface area (Å²) in [6.07, 6.45) is 12.8. The second kappa shape index (κ2) is 12.4. The van der Waals surface area contributed by atoms with E-state index in [0.29, 0.717) is 99.3 Å². The van der Waals surface area contributed by atoms with Crippen molar-refractivity contribution in [2.24, 2.45) is 56.7 Å². The van der Waals surface area contributed by atoms with Crippen LogP contribution in [0.15, 0.2) is 0 Å². The fourth-order valence-electron chi connectivity index (χ4n) is 14.9. The SMILES string of the molecule is C[C@@H]1CC(CCC(=O)N2CCOCC2)OC2[C@H]1[C@@]1(C)CC[C@@]34C[C@@]35CC[C@H](O[C@H]3CN(C(=O)CC6CC6)CCO3)C(C)(C)[C@@H]5CCC4[C@]1(C)[C@H]2O. The molecule has 51 heavy (non-hydrogen) atoms. The highest BCUT2D eigenvalue weighted by Gasteiger charge is 2.84. The predicted octanol–water partition coefficient (Wildman–Crippen LogP) is 5.81. The van der Waals surface area contributed by atoms with E-state index in [1.165, 1.54) is 51.4 Å². The summed E-state index contributed by atoms with van der Waals surface area (Å²) in [6.45, 7) is 16.7. The standard InChI is InChI=1S/C42H66N2O7/c1-26-22-28(8-11-32(45)43-16-19-48-20-17-43)50-36-35(26)39(4)14-15-42-25-41(42)13-12-31(38(2,3)29(41)9-10-30(42)40(39,5)37(36)47)51-34-24-44(18-21-49-34)33(46)23-27-6-7-27/h26-31,34-37,47H,6-25H2,1-5H3/t26-,28?,29+,30?,31+,34+,35+,36?,37+,39-,40-,41-,42+/m1/s1. The molecule has 3 aliphatic heterocycles. The zero-order valence-corrected chi connectivity index (χ0v) is 32.2. The van der Waals surface area contributed by atoms with Crippen LogP contribution < -0.4 is 0 Å². The summed E-state index contributed by atoms with van der Waals surface area (Å²) in [7, 11) is 0. The van der Waals surface area contributed by atoms with Gasteiger partial charge in [0.15, 0.2) is 6.29 Å². The number of amides is 2. The molecule has 3 unspecified atom stereocenters. The van der Waals surface area contributed by atoms with Gasteiger partial charge in [0.25, 0.3) is 0 Å². The number of aliphatic hydroxyl groups is 1. The third kappa shape index (κ3) is 5.23. The second-order valence-electron chi connectivity index (χ2n) is 20.1. The highest BCUT2D eigenvalue weighted by molar-refractivity contribution is 5.77. The number of nitrogens with zero attached hydrogens (tertiary/aromatic N) is 2. The summed E-state index contributed by atoms with van der Waals surface area (Å²) in [4.78, 5) is 29.9. The van der Waals surface area contributed by atoms with Crippen LogP contribution in [-0.4, -0.2) is 103 Å². The van der Waals surface area contributed by atoms with Crippen molar-refractivity contribution < 1.29 is 33.6 Å². The Morgan fingerprint density at radius 2 is 1.59 bits per heavy atom. The molecule has 286 valence electrons. The highest BCUT2D eigenvalue weighted by atomic mass is 16.7. The Labute approximate surface area is 306 Å². The Bertz CT molecular complexity index is 1380. The molecule has 9 nitrogen and oxygen atoms in total. The summed E-state index contributed by atoms with van der Waals surface area (Å²) in [5, 5.41) is 12.6. The number of carbonyl (C=O) groups excluding carboxylic acids is 2. The normalized spacial score (nSPS) is 50.0. The van der Waals surface area contributed by atoms with E-state index in [9.17, 15) is 14.7 Å². The monoisotopic (exact) mass is 710 g/mol. The van der Waals surface area contributed by atoms with E-state index in [1.54, 1.807) is 0 Å². The molecular weight excluding hydrogens is 644 g/mol. The number of carbonyl (C=O) groups is 2. The molecule has 13 atom stereocenters. The van der Waals surface area contributed by atoms with Gasteiger partial charge in [-0.2, -0.15) is 0 Å². The quantitative estimate of drug-likeness (QED) is 0.357. The second-order valence-corrected chi connectivity index (χ2v) is 20.1. The van der Waals surface area contributed by atoms with Crippen LogP contribution in [0.1, 0.15) is 118 Å². The number of rotatable bonds is 7. The van der Waals surface area contributed by atoms with Gasteiger partial charge in [-0.3, -0.25) is 9.59 Å². The Kier molecular flexibility index (Phi) is 8.60. The lowest BCUT2D eigenvalue weighted by atomic mass is 9.41. The van der Waals surface area contributed by atoms with Gasteiger partial charge >= 0.3 is 0 Å². The van der Waals surface area contributed by atoms with Crippen molar-refractivity contribution in [1.82, 2.24) is 9.80 Å². The number of fused-ring (bicyclic) bond motifs is 4. The number of hydrogen-bond donors (Lipinski definition) is 1. The fraction of sp³-hybridized carbons (Fsp3) is 0.952. The largest absolute Gasteiger partial charge is 0.390 e. The van der Waals surface area contributed by atoms with E-state index in [-0.39, 0.29) is 52.7 Å². The first-order valence-electron chi connectivity index (χ1n) is 21.1. The molecule has 2 spiro atoms. The molecule has 2 amide bonds. The fourth-order valence-corrected chi connectivity index (χ4v) is 14.9. The maximum Gasteiger partial charge on any atom is 0.223 e. The third-order valence-electron chi connectivity index (χ3n) is 17.7. The van der Waals surface area contributed by atoms with Gasteiger partial charge in [0.2, 0.25) is 11.8 Å². The van der Waals surface area contributed by atoms with E-state index < -0.39 is 6.10 Å². The van der Waals surface area contributed by atoms with Crippen LogP contribution in [0.2, 0.25) is 0 Å². The van der Waals surface area contributed by atoms with Crippen molar-refractivity contribution in [3.8, 4) is 0 Å². The number of morpholine rings is 2. The van der Waals surface area contributed by atoms with Gasteiger partial charge in [0, 0.05) is 37.9 Å². The molecule has 0 radical (unpaired) electrons. The summed E-state index contributed by atoms with van der Waals surface area (Å²) >= 11 is 0. The number of aliphatic hydroxyl groups excluding tert-OH is 1. The van der Waals surface area contributed by atoms with Crippen molar-refractivity contribution in [2.75, 3.05) is 46.0 Å². The summed E-state index contributed by atoms with van der Waals surface area (Å²) in [6, 6.07) is 0. The van der Waals surface area contributed by atoms with Crippen LogP contribution in [-0.2, 0) is 28.5 Å². The molecule has 1 N–H and O–H groups in total. The van der Waals surface area contributed by atoms with Crippen LogP contribution in [0.4, 0.5) is 0 Å². The topological polar surface area (TPSA) is 97.8 Å². The molecule has 6 saturated carbocycles. The first-order chi connectivity index (χ1) is 24.3. The molecule has 9 heteroatoms. The zero-order chi connectivity index (χ0) is 35.6. The molecule has 0 aromatic rings. The molecule has 9 fully saturated rings. The van der Waals surface area contributed by atoms with E-state index in [0.717, 1.165) is 19.3 Å². The van der Waals surface area contributed by atoms with Crippen LogP contribution in [0.3, 0.4) is 0 Å². The molecule has 0 bridgehead atoms. The lowest BCUT2D eigenvalue weighted by Gasteiger charge is -2.64. The molecule has 9 aliphatic rings. The van der Waals surface area contributed by atoms with Crippen LogP contribution >= 0.6 is 0 Å². The predicted molar refractivity (Wildman–Crippen MR) is 191 cm³/mol. The van der Waals surface area contributed by atoms with E-state index >= 15 is 0 Å². The van der Waals surface area contributed by atoms with Crippen molar-refractivity contribution >= 4 is 11.8 Å². The first kappa shape index (κ1) is 35.4. The van der Waals surface area contributed by atoms with Crippen molar-refractivity contribution in [3.63, 3.8) is 0 Å². The Morgan fingerprint density at radius 3 is 2.35 bits per heavy atom. The van der Waals surface area contributed by atoms with Crippen LogP contribution in [0.25, 0.3) is 0 Å². The highest BCUT2D eigenvalue weighted by Crippen LogP contribution is 2.89. The van der Waals surface area contributed by atoms with Gasteiger partial charge in [-0.05, 0) is 122 Å². The molecule has 9 rings (SSSR count). The Balaban J connectivity index is 0.888. The number of ether oxygens (including phenoxy) is 4. The molecule has 6 aliphatic carbocycles. The number of hydrogen-bond acceptors (Lipinski definition) is 7. The third-order valence-corrected chi connectivity index (χ3v) is 17.7. The molecule has 0 aromatic heterocycles. The summed E-state index contributed by atoms with van der Waals surface area (Å²) in [5.41, 5.74) is 0.483. The molecule has 3 heterocycles. The first-order valence-corrected chi connectivity index (χ1v) is 21.1. The van der Waals surface area contributed by atoms with Crippen molar-refractivity contribution in [1.29, 1.82) is 0 Å². The van der Waals surface area contributed by atoms with Gasteiger partial charge in [-0.25, -0.2) is 0 Å².